The summed E-state index contributed by atoms with van der Waals surface area (Å²) in [4.78, 5) is 24.9. The normalized spacial score (nSPS) is 18.9. The monoisotopic (exact) mass is 670 g/mol. The second-order valence-electron chi connectivity index (χ2n) is 11.4. The van der Waals surface area contributed by atoms with Crippen LogP contribution in [-0.2, 0) is 32.2 Å². The average molecular weight is 671 g/mol. The van der Waals surface area contributed by atoms with E-state index in [1.54, 1.807) is 25.8 Å². The highest BCUT2D eigenvalue weighted by molar-refractivity contribution is 7.99. The summed E-state index contributed by atoms with van der Waals surface area (Å²) in [5.41, 5.74) is 5.65. The van der Waals surface area contributed by atoms with Gasteiger partial charge in [0.1, 0.15) is 12.3 Å². The first-order valence-electron chi connectivity index (χ1n) is 16.0. The molecular formula is C38H42N2O7S. The van der Waals surface area contributed by atoms with Crippen molar-refractivity contribution in [3.63, 3.8) is 0 Å². The average Bonchev–Trinajstić information content (AvgIpc) is 3.13. The Morgan fingerprint density at radius 1 is 0.875 bits per heavy atom. The van der Waals surface area contributed by atoms with E-state index in [9.17, 15) is 14.7 Å². The summed E-state index contributed by atoms with van der Waals surface area (Å²) in [5.74, 6) is 1.11. The molecule has 1 heterocycles. The Bertz CT molecular complexity index is 1650. The number of urea groups is 1. The summed E-state index contributed by atoms with van der Waals surface area (Å²) in [7, 11) is 1.68. The summed E-state index contributed by atoms with van der Waals surface area (Å²) in [5, 5.41) is 14.9. The van der Waals surface area contributed by atoms with Crippen molar-refractivity contribution < 1.29 is 33.6 Å². The highest BCUT2D eigenvalue weighted by atomic mass is 32.2. The zero-order valence-electron chi connectivity index (χ0n) is 27.4. The van der Waals surface area contributed by atoms with E-state index >= 15 is 0 Å². The number of hydrogen-bond donors (Lipinski definition) is 3. The van der Waals surface area contributed by atoms with Crippen LogP contribution >= 0.6 is 11.8 Å². The molecule has 1 saturated heterocycles. The van der Waals surface area contributed by atoms with Gasteiger partial charge in [-0.1, -0.05) is 91.9 Å². The summed E-state index contributed by atoms with van der Waals surface area (Å²) < 4.78 is 23.7. The number of ether oxygens (including phenoxy) is 4. The molecule has 5 rings (SSSR count). The maximum absolute atomic E-state index is 12.3. The Labute approximate surface area is 286 Å². The minimum atomic E-state index is -0.596. The van der Waals surface area contributed by atoms with Crippen LogP contribution < -0.4 is 15.4 Å². The lowest BCUT2D eigenvalue weighted by Crippen LogP contribution is -2.38. The standard InChI is InChI=1S/C38H42N2O7S/c1-4-45-35(42)22-40-38(43)39-21-30-9-5-6-10-31(30)27-17-19-29(20-18-27)37-46-33(24-48-34-12-8-7-11-32(34)44-3)25(2)36(47-37)28-15-13-26(23-41)14-16-28/h5-20,25,33,36-37,41H,4,21-24H2,1-3H3,(H2,39,40,43)/t25-,33+,36+,37+/m1/s1. The number of aliphatic hydroxyl groups excluding tert-OH is 1. The molecule has 0 bridgehead atoms. The maximum Gasteiger partial charge on any atom is 0.325 e. The number of nitrogens with one attached hydrogen (secondary N) is 2. The Kier molecular flexibility index (Phi) is 12.5. The molecule has 4 aromatic carbocycles. The fraction of sp³-hybridized carbons (Fsp3) is 0.316. The van der Waals surface area contributed by atoms with Crippen molar-refractivity contribution in [3.8, 4) is 16.9 Å². The van der Waals surface area contributed by atoms with Crippen molar-refractivity contribution in [3.05, 3.63) is 119 Å². The molecule has 1 aliphatic heterocycles. The predicted octanol–water partition coefficient (Wildman–Crippen LogP) is 6.80. The van der Waals surface area contributed by atoms with Crippen molar-refractivity contribution in [2.75, 3.05) is 26.0 Å². The summed E-state index contributed by atoms with van der Waals surface area (Å²) in [6.45, 7) is 4.20. The smallest absolute Gasteiger partial charge is 0.325 e. The van der Waals surface area contributed by atoms with E-state index in [1.807, 2.05) is 91.0 Å². The fourth-order valence-electron chi connectivity index (χ4n) is 5.60. The highest BCUT2D eigenvalue weighted by Crippen LogP contribution is 2.44. The number of aliphatic hydroxyl groups is 1. The van der Waals surface area contributed by atoms with Crippen molar-refractivity contribution in [2.24, 2.45) is 5.92 Å². The van der Waals surface area contributed by atoms with Crippen LogP contribution in [0.15, 0.2) is 102 Å². The van der Waals surface area contributed by atoms with E-state index in [-0.39, 0.29) is 44.4 Å². The lowest BCUT2D eigenvalue weighted by atomic mass is 9.91. The number of rotatable bonds is 13. The van der Waals surface area contributed by atoms with Gasteiger partial charge in [0.25, 0.3) is 0 Å². The molecule has 1 fully saturated rings. The lowest BCUT2D eigenvalue weighted by molar-refractivity contribution is -0.268. The molecule has 4 atom stereocenters. The summed E-state index contributed by atoms with van der Waals surface area (Å²) in [6.07, 6.45) is -0.940. The van der Waals surface area contributed by atoms with Crippen LogP contribution in [0.4, 0.5) is 4.79 Å². The van der Waals surface area contributed by atoms with E-state index in [0.717, 1.165) is 44.0 Å². The Morgan fingerprint density at radius 2 is 1.58 bits per heavy atom. The number of esters is 1. The van der Waals surface area contributed by atoms with Crippen LogP contribution in [-0.4, -0.2) is 49.2 Å². The van der Waals surface area contributed by atoms with Crippen LogP contribution in [0.25, 0.3) is 11.1 Å². The van der Waals surface area contributed by atoms with Crippen LogP contribution in [0, 0.1) is 5.92 Å². The van der Waals surface area contributed by atoms with Crippen molar-refractivity contribution in [1.82, 2.24) is 10.6 Å². The van der Waals surface area contributed by atoms with Gasteiger partial charge in [-0.3, -0.25) is 4.79 Å². The molecule has 9 nitrogen and oxygen atoms in total. The molecule has 10 heteroatoms. The SMILES string of the molecule is CCOC(=O)CNC(=O)NCc1ccccc1-c1ccc([C@H]2O[C@@H](CSc3ccccc3OC)[C@@H](C)[C@@H](c3ccc(CO)cc3)O2)cc1. The molecule has 48 heavy (non-hydrogen) atoms. The topological polar surface area (TPSA) is 115 Å². The fourth-order valence-corrected chi connectivity index (χ4v) is 6.79. The zero-order chi connectivity index (χ0) is 33.9. The van der Waals surface area contributed by atoms with Gasteiger partial charge >= 0.3 is 12.0 Å². The minimum Gasteiger partial charge on any atom is -0.496 e. The van der Waals surface area contributed by atoms with Gasteiger partial charge in [-0.2, -0.15) is 0 Å². The van der Waals surface area contributed by atoms with Gasteiger partial charge in [0.2, 0.25) is 0 Å². The molecule has 0 aromatic heterocycles. The van der Waals surface area contributed by atoms with E-state index in [4.69, 9.17) is 18.9 Å². The molecule has 0 radical (unpaired) electrons. The molecule has 3 N–H and O–H groups in total. The van der Waals surface area contributed by atoms with Crippen LogP contribution in [0.2, 0.25) is 0 Å². The molecule has 0 spiro atoms. The lowest BCUT2D eigenvalue weighted by Gasteiger charge is -2.41. The van der Waals surface area contributed by atoms with Crippen LogP contribution in [0.1, 0.15) is 48.5 Å². The van der Waals surface area contributed by atoms with Crippen LogP contribution in [0.5, 0.6) is 5.75 Å². The van der Waals surface area contributed by atoms with Gasteiger partial charge in [0.05, 0.1) is 32.5 Å². The van der Waals surface area contributed by atoms with Crippen molar-refractivity contribution in [1.29, 1.82) is 0 Å². The third-order valence-electron chi connectivity index (χ3n) is 8.24. The molecule has 0 saturated carbocycles. The first-order valence-corrected chi connectivity index (χ1v) is 17.0. The molecule has 2 amide bonds. The molecular weight excluding hydrogens is 628 g/mol. The summed E-state index contributed by atoms with van der Waals surface area (Å²) >= 11 is 1.70. The number of benzene rings is 4. The first kappa shape index (κ1) is 35.0. The Hall–Kier alpha value is -4.35. The highest BCUT2D eigenvalue weighted by Gasteiger charge is 2.38. The van der Waals surface area contributed by atoms with Crippen molar-refractivity contribution in [2.45, 2.75) is 50.4 Å². The second-order valence-corrected chi connectivity index (χ2v) is 12.5. The molecule has 4 aromatic rings. The van der Waals surface area contributed by atoms with Gasteiger partial charge in [-0.05, 0) is 46.9 Å². The molecule has 0 aliphatic carbocycles. The number of carbonyl (C=O) groups excluding carboxylic acids is 2. The van der Waals surface area contributed by atoms with Gasteiger partial charge in [-0.25, -0.2) is 4.79 Å². The Morgan fingerprint density at radius 3 is 2.31 bits per heavy atom. The Balaban J connectivity index is 1.32. The van der Waals surface area contributed by atoms with Gasteiger partial charge in [0, 0.05) is 28.7 Å². The molecule has 1 aliphatic rings. The van der Waals surface area contributed by atoms with Gasteiger partial charge in [0.15, 0.2) is 6.29 Å². The van der Waals surface area contributed by atoms with E-state index in [2.05, 4.69) is 23.6 Å². The van der Waals surface area contributed by atoms with Crippen LogP contribution in [0.3, 0.4) is 0 Å². The number of thioether (sulfide) groups is 1. The van der Waals surface area contributed by atoms with E-state index in [1.165, 1.54) is 0 Å². The predicted molar refractivity (Wildman–Crippen MR) is 185 cm³/mol. The van der Waals surface area contributed by atoms with Gasteiger partial charge < -0.3 is 34.7 Å². The number of carbonyl (C=O) groups is 2. The first-order chi connectivity index (χ1) is 23.4. The zero-order valence-corrected chi connectivity index (χ0v) is 28.2. The van der Waals surface area contributed by atoms with Crippen molar-refractivity contribution >= 4 is 23.8 Å². The summed E-state index contributed by atoms with van der Waals surface area (Å²) in [6, 6.07) is 31.4. The third-order valence-corrected chi connectivity index (χ3v) is 9.39. The van der Waals surface area contributed by atoms with E-state index < -0.39 is 18.3 Å². The largest absolute Gasteiger partial charge is 0.496 e. The second kappa shape index (κ2) is 17.2. The third kappa shape index (κ3) is 8.96. The maximum atomic E-state index is 12.3. The number of para-hydroxylation sites is 1. The minimum absolute atomic E-state index is 0.0144. The number of amides is 2. The quantitative estimate of drug-likeness (QED) is 0.105. The van der Waals surface area contributed by atoms with Gasteiger partial charge in [-0.15, -0.1) is 11.8 Å². The van der Waals surface area contributed by atoms with E-state index in [0.29, 0.717) is 5.75 Å². The molecule has 0 unspecified atom stereocenters. The molecule has 252 valence electrons. The number of methoxy groups -OCH3 is 1. The number of hydrogen-bond acceptors (Lipinski definition) is 8.